The lowest BCUT2D eigenvalue weighted by molar-refractivity contribution is 0.0214. The molecule has 0 spiro atoms. The summed E-state index contributed by atoms with van der Waals surface area (Å²) in [7, 11) is 1.66. The van der Waals surface area contributed by atoms with Crippen LogP contribution in [-0.2, 0) is 6.42 Å². The van der Waals surface area contributed by atoms with Crippen LogP contribution in [0.5, 0.6) is 5.75 Å². The van der Waals surface area contributed by atoms with Crippen LogP contribution in [0.3, 0.4) is 0 Å². The molecule has 0 fully saturated rings. The van der Waals surface area contributed by atoms with Crippen LogP contribution in [0.1, 0.15) is 45.1 Å². The Morgan fingerprint density at radius 2 is 1.83 bits per heavy atom. The van der Waals surface area contributed by atoms with Crippen LogP contribution in [0.2, 0.25) is 0 Å². The summed E-state index contributed by atoms with van der Waals surface area (Å²) in [5, 5.41) is 10.7. The lowest BCUT2D eigenvalue weighted by Gasteiger charge is -2.28. The van der Waals surface area contributed by atoms with E-state index < -0.39 is 5.60 Å². The average Bonchev–Trinajstić information content (AvgIpc) is 2.32. The molecule has 0 atom stereocenters. The fraction of sp³-hybridized carbons (Fsp3) is 0.600. The van der Waals surface area contributed by atoms with Gasteiger partial charge < -0.3 is 9.84 Å². The van der Waals surface area contributed by atoms with E-state index in [4.69, 9.17) is 4.74 Å². The molecule has 1 N–H and O–H groups in total. The Morgan fingerprint density at radius 1 is 1.22 bits per heavy atom. The molecule has 2 nitrogen and oxygen atoms in total. The molecule has 0 aliphatic heterocycles. The molecule has 0 unspecified atom stereocenters. The molecule has 0 amide bonds. The van der Waals surface area contributed by atoms with Crippen molar-refractivity contribution in [2.45, 2.75) is 51.6 Å². The first kappa shape index (κ1) is 15.5. The fourth-order valence-corrected chi connectivity index (χ4v) is 2.79. The number of aliphatic hydroxyl groups is 1. The standard InChI is InChI=1S/C15H23BrO2/c1-4-8-15(17,9-5-2)11-12-10-13(18-3)6-7-14(12)16/h6-7,10,17H,4-5,8-9,11H2,1-3H3. The quantitative estimate of drug-likeness (QED) is 0.811. The van der Waals surface area contributed by atoms with Crippen LogP contribution in [0.25, 0.3) is 0 Å². The minimum Gasteiger partial charge on any atom is -0.497 e. The number of ether oxygens (including phenoxy) is 1. The van der Waals surface area contributed by atoms with E-state index in [1.165, 1.54) is 0 Å². The van der Waals surface area contributed by atoms with E-state index in [9.17, 15) is 5.11 Å². The van der Waals surface area contributed by atoms with E-state index in [-0.39, 0.29) is 0 Å². The van der Waals surface area contributed by atoms with Crippen molar-refractivity contribution in [1.29, 1.82) is 0 Å². The van der Waals surface area contributed by atoms with E-state index in [0.29, 0.717) is 6.42 Å². The minimum absolute atomic E-state index is 0.599. The summed E-state index contributed by atoms with van der Waals surface area (Å²) >= 11 is 3.55. The van der Waals surface area contributed by atoms with E-state index in [2.05, 4.69) is 29.8 Å². The van der Waals surface area contributed by atoms with E-state index in [1.807, 2.05) is 18.2 Å². The Hall–Kier alpha value is -0.540. The van der Waals surface area contributed by atoms with Crippen molar-refractivity contribution in [1.82, 2.24) is 0 Å². The monoisotopic (exact) mass is 314 g/mol. The minimum atomic E-state index is -0.599. The van der Waals surface area contributed by atoms with Gasteiger partial charge in [0.15, 0.2) is 0 Å². The first-order valence-electron chi connectivity index (χ1n) is 6.59. The molecule has 1 rings (SSSR count). The molecule has 0 aromatic heterocycles. The van der Waals surface area contributed by atoms with Gasteiger partial charge in [0.2, 0.25) is 0 Å². The summed E-state index contributed by atoms with van der Waals surface area (Å²) in [6.45, 7) is 4.22. The smallest absolute Gasteiger partial charge is 0.119 e. The number of benzene rings is 1. The van der Waals surface area contributed by atoms with Crippen molar-refractivity contribution in [3.8, 4) is 5.75 Å². The summed E-state index contributed by atoms with van der Waals surface area (Å²) in [5.74, 6) is 0.837. The van der Waals surface area contributed by atoms with Crippen molar-refractivity contribution in [2.24, 2.45) is 0 Å². The molecular weight excluding hydrogens is 292 g/mol. The van der Waals surface area contributed by atoms with E-state index in [1.54, 1.807) is 7.11 Å². The van der Waals surface area contributed by atoms with Crippen LogP contribution in [0.4, 0.5) is 0 Å². The van der Waals surface area contributed by atoms with Gasteiger partial charge in [-0.2, -0.15) is 0 Å². The number of halogens is 1. The zero-order valence-corrected chi connectivity index (χ0v) is 13.1. The van der Waals surface area contributed by atoms with Crippen LogP contribution >= 0.6 is 15.9 Å². The molecule has 0 saturated heterocycles. The van der Waals surface area contributed by atoms with Gasteiger partial charge in [-0.3, -0.25) is 0 Å². The Labute approximate surface area is 118 Å². The Kier molecular flexibility index (Phi) is 6.16. The maximum absolute atomic E-state index is 10.7. The highest BCUT2D eigenvalue weighted by Crippen LogP contribution is 2.30. The second-order valence-corrected chi connectivity index (χ2v) is 5.71. The number of methoxy groups -OCH3 is 1. The van der Waals surface area contributed by atoms with Gasteiger partial charge in [-0.05, 0) is 36.6 Å². The molecule has 102 valence electrons. The Bertz CT molecular complexity index is 371. The first-order valence-corrected chi connectivity index (χ1v) is 7.38. The maximum atomic E-state index is 10.7. The molecule has 0 aliphatic carbocycles. The summed E-state index contributed by atoms with van der Waals surface area (Å²) in [4.78, 5) is 0. The summed E-state index contributed by atoms with van der Waals surface area (Å²) in [5.41, 5.74) is 0.511. The topological polar surface area (TPSA) is 29.5 Å². The Balaban J connectivity index is 2.92. The molecule has 1 aromatic carbocycles. The number of hydrogen-bond donors (Lipinski definition) is 1. The van der Waals surface area contributed by atoms with E-state index in [0.717, 1.165) is 41.5 Å². The zero-order chi connectivity index (χ0) is 13.6. The van der Waals surface area contributed by atoms with Gasteiger partial charge in [-0.15, -0.1) is 0 Å². The molecule has 0 saturated carbocycles. The van der Waals surface area contributed by atoms with Crippen molar-refractivity contribution < 1.29 is 9.84 Å². The summed E-state index contributed by atoms with van der Waals surface area (Å²) in [6.07, 6.45) is 4.34. The first-order chi connectivity index (χ1) is 8.54. The third kappa shape index (κ3) is 4.29. The average molecular weight is 315 g/mol. The third-order valence-corrected chi connectivity index (χ3v) is 3.98. The third-order valence-electron chi connectivity index (χ3n) is 3.20. The SMILES string of the molecule is CCCC(O)(CCC)Cc1cc(OC)ccc1Br. The molecule has 0 heterocycles. The molecule has 0 bridgehead atoms. The molecule has 1 aromatic rings. The normalized spacial score (nSPS) is 11.6. The van der Waals surface area contributed by atoms with Crippen LogP contribution in [0, 0.1) is 0 Å². The highest BCUT2D eigenvalue weighted by Gasteiger charge is 2.26. The van der Waals surface area contributed by atoms with Crippen molar-refractivity contribution in [3.05, 3.63) is 28.2 Å². The van der Waals surface area contributed by atoms with Crippen LogP contribution < -0.4 is 4.74 Å². The molecule has 3 heteroatoms. The zero-order valence-electron chi connectivity index (χ0n) is 11.5. The lowest BCUT2D eigenvalue weighted by atomic mass is 9.86. The largest absolute Gasteiger partial charge is 0.497 e. The maximum Gasteiger partial charge on any atom is 0.119 e. The predicted octanol–water partition coefficient (Wildman–Crippen LogP) is 4.33. The van der Waals surface area contributed by atoms with Crippen molar-refractivity contribution in [2.75, 3.05) is 7.11 Å². The van der Waals surface area contributed by atoms with Crippen molar-refractivity contribution >= 4 is 15.9 Å². The Morgan fingerprint density at radius 3 is 2.33 bits per heavy atom. The van der Waals surface area contributed by atoms with Crippen LogP contribution in [0.15, 0.2) is 22.7 Å². The second kappa shape index (κ2) is 7.15. The lowest BCUT2D eigenvalue weighted by Crippen LogP contribution is -2.31. The highest BCUT2D eigenvalue weighted by atomic mass is 79.9. The number of hydrogen-bond acceptors (Lipinski definition) is 2. The fourth-order valence-electron chi connectivity index (χ4n) is 2.40. The molecule has 18 heavy (non-hydrogen) atoms. The van der Waals surface area contributed by atoms with Crippen molar-refractivity contribution in [3.63, 3.8) is 0 Å². The van der Waals surface area contributed by atoms with Gasteiger partial charge in [0.1, 0.15) is 5.75 Å². The summed E-state index contributed by atoms with van der Waals surface area (Å²) < 4.78 is 6.28. The van der Waals surface area contributed by atoms with Crippen LogP contribution in [-0.4, -0.2) is 17.8 Å². The van der Waals surface area contributed by atoms with Gasteiger partial charge >= 0.3 is 0 Å². The van der Waals surface area contributed by atoms with Gasteiger partial charge in [0.05, 0.1) is 12.7 Å². The second-order valence-electron chi connectivity index (χ2n) is 4.86. The summed E-state index contributed by atoms with van der Waals surface area (Å²) in [6, 6.07) is 5.90. The molecule has 0 aliphatic rings. The van der Waals surface area contributed by atoms with Gasteiger partial charge in [0.25, 0.3) is 0 Å². The van der Waals surface area contributed by atoms with Gasteiger partial charge in [0, 0.05) is 10.9 Å². The van der Waals surface area contributed by atoms with Gasteiger partial charge in [-0.25, -0.2) is 0 Å². The highest BCUT2D eigenvalue weighted by molar-refractivity contribution is 9.10. The van der Waals surface area contributed by atoms with Gasteiger partial charge in [-0.1, -0.05) is 42.6 Å². The molecular formula is C15H23BrO2. The molecule has 0 radical (unpaired) electrons. The number of rotatable bonds is 7. The predicted molar refractivity (Wildman–Crippen MR) is 79.2 cm³/mol. The van der Waals surface area contributed by atoms with E-state index >= 15 is 0 Å².